The lowest BCUT2D eigenvalue weighted by Gasteiger charge is -2.24. The van der Waals surface area contributed by atoms with Gasteiger partial charge in [-0.3, -0.25) is 0 Å². The quantitative estimate of drug-likeness (QED) is 0.661. The minimum atomic E-state index is 0.316. The van der Waals surface area contributed by atoms with E-state index in [1.165, 1.54) is 12.8 Å². The van der Waals surface area contributed by atoms with Gasteiger partial charge in [-0.15, -0.1) is 0 Å². The van der Waals surface area contributed by atoms with Crippen molar-refractivity contribution in [2.24, 2.45) is 5.92 Å². The van der Waals surface area contributed by atoms with Crippen molar-refractivity contribution in [3.63, 3.8) is 0 Å². The van der Waals surface area contributed by atoms with Gasteiger partial charge in [0.25, 0.3) is 0 Å². The molecule has 0 bridgehead atoms. The minimum absolute atomic E-state index is 0.316. The maximum Gasteiger partial charge on any atom is 0.0667 e. The van der Waals surface area contributed by atoms with E-state index in [0.29, 0.717) is 12.1 Å². The first-order chi connectivity index (χ1) is 6.15. The minimum Gasteiger partial charge on any atom is -0.380 e. The highest BCUT2D eigenvalue weighted by Crippen LogP contribution is 2.12. The van der Waals surface area contributed by atoms with Crippen LogP contribution < -0.4 is 5.32 Å². The highest BCUT2D eigenvalue weighted by atomic mass is 16.5. The van der Waals surface area contributed by atoms with Crippen LogP contribution in [0.5, 0.6) is 0 Å². The summed E-state index contributed by atoms with van der Waals surface area (Å²) >= 11 is 0. The standard InChI is InChI=1S/C11H25NO/c1-6-11(7-2)10(4)12-8-9(3)13-5/h9-12H,6-8H2,1-5H3. The van der Waals surface area contributed by atoms with Crippen molar-refractivity contribution < 1.29 is 4.74 Å². The van der Waals surface area contributed by atoms with Crippen LogP contribution in [0, 0.1) is 5.92 Å². The normalized spacial score (nSPS) is 16.2. The molecule has 0 aromatic rings. The second-order valence-electron chi connectivity index (χ2n) is 3.82. The first-order valence-corrected chi connectivity index (χ1v) is 5.41. The molecule has 0 rings (SSSR count). The SMILES string of the molecule is CCC(CC)C(C)NCC(C)OC. The van der Waals surface area contributed by atoms with Crippen LogP contribution in [0.4, 0.5) is 0 Å². The molecular weight excluding hydrogens is 162 g/mol. The number of nitrogens with one attached hydrogen (secondary N) is 1. The van der Waals surface area contributed by atoms with Crippen LogP contribution in [0.3, 0.4) is 0 Å². The lowest BCUT2D eigenvalue weighted by molar-refractivity contribution is 0.112. The van der Waals surface area contributed by atoms with Gasteiger partial charge in [-0.2, -0.15) is 0 Å². The molecule has 0 saturated carbocycles. The molecule has 13 heavy (non-hydrogen) atoms. The van der Waals surface area contributed by atoms with Gasteiger partial charge in [0, 0.05) is 19.7 Å². The van der Waals surface area contributed by atoms with Gasteiger partial charge in [-0.05, 0) is 19.8 Å². The van der Waals surface area contributed by atoms with Crippen molar-refractivity contribution in [3.05, 3.63) is 0 Å². The lowest BCUT2D eigenvalue weighted by atomic mass is 9.95. The van der Waals surface area contributed by atoms with Crippen LogP contribution in [0.2, 0.25) is 0 Å². The van der Waals surface area contributed by atoms with Gasteiger partial charge >= 0.3 is 0 Å². The molecule has 0 amide bonds. The second kappa shape index (κ2) is 7.34. The summed E-state index contributed by atoms with van der Waals surface area (Å²) < 4.78 is 5.19. The predicted octanol–water partition coefficient (Wildman–Crippen LogP) is 2.44. The first kappa shape index (κ1) is 12.9. The molecule has 0 aromatic carbocycles. The van der Waals surface area contributed by atoms with Crippen LogP contribution in [0.25, 0.3) is 0 Å². The first-order valence-electron chi connectivity index (χ1n) is 5.41. The zero-order chi connectivity index (χ0) is 10.3. The average molecular weight is 187 g/mol. The Bertz CT molecular complexity index is 113. The Balaban J connectivity index is 3.65. The van der Waals surface area contributed by atoms with E-state index in [-0.39, 0.29) is 0 Å². The molecule has 0 spiro atoms. The van der Waals surface area contributed by atoms with Gasteiger partial charge in [0.05, 0.1) is 6.10 Å². The third-order valence-electron chi connectivity index (χ3n) is 2.89. The molecule has 2 atom stereocenters. The predicted molar refractivity (Wildman–Crippen MR) is 58.0 cm³/mol. The molecule has 0 fully saturated rings. The molecule has 0 radical (unpaired) electrons. The zero-order valence-corrected chi connectivity index (χ0v) is 9.76. The van der Waals surface area contributed by atoms with Crippen molar-refractivity contribution in [2.75, 3.05) is 13.7 Å². The molecule has 2 heteroatoms. The summed E-state index contributed by atoms with van der Waals surface area (Å²) in [5.74, 6) is 0.795. The second-order valence-corrected chi connectivity index (χ2v) is 3.82. The summed E-state index contributed by atoms with van der Waals surface area (Å²) in [5, 5.41) is 3.51. The number of methoxy groups -OCH3 is 1. The van der Waals surface area contributed by atoms with E-state index < -0.39 is 0 Å². The van der Waals surface area contributed by atoms with E-state index in [1.807, 2.05) is 0 Å². The van der Waals surface area contributed by atoms with E-state index in [4.69, 9.17) is 4.74 Å². The van der Waals surface area contributed by atoms with Crippen molar-refractivity contribution in [3.8, 4) is 0 Å². The topological polar surface area (TPSA) is 21.3 Å². The molecule has 2 nitrogen and oxygen atoms in total. The van der Waals surface area contributed by atoms with Crippen molar-refractivity contribution in [1.29, 1.82) is 0 Å². The number of rotatable bonds is 7. The van der Waals surface area contributed by atoms with Gasteiger partial charge in [0.1, 0.15) is 0 Å². The summed E-state index contributed by atoms with van der Waals surface area (Å²) in [6, 6.07) is 0.604. The van der Waals surface area contributed by atoms with Gasteiger partial charge in [-0.1, -0.05) is 26.7 Å². The molecule has 0 aromatic heterocycles. The number of ether oxygens (including phenoxy) is 1. The van der Waals surface area contributed by atoms with Gasteiger partial charge in [-0.25, -0.2) is 0 Å². The maximum atomic E-state index is 5.19. The molecule has 0 heterocycles. The average Bonchev–Trinajstić information content (AvgIpc) is 2.16. The zero-order valence-electron chi connectivity index (χ0n) is 9.76. The van der Waals surface area contributed by atoms with E-state index >= 15 is 0 Å². The van der Waals surface area contributed by atoms with E-state index in [9.17, 15) is 0 Å². The molecular formula is C11H25NO. The highest BCUT2D eigenvalue weighted by molar-refractivity contribution is 4.71. The van der Waals surface area contributed by atoms with Crippen LogP contribution in [-0.4, -0.2) is 25.8 Å². The largest absolute Gasteiger partial charge is 0.380 e. The fourth-order valence-electron chi connectivity index (χ4n) is 1.60. The summed E-state index contributed by atoms with van der Waals surface area (Å²) in [5.41, 5.74) is 0. The molecule has 0 aliphatic rings. The van der Waals surface area contributed by atoms with Crippen molar-refractivity contribution in [1.82, 2.24) is 5.32 Å². The van der Waals surface area contributed by atoms with Crippen LogP contribution in [0.1, 0.15) is 40.5 Å². The van der Waals surface area contributed by atoms with Crippen LogP contribution in [-0.2, 0) is 4.74 Å². The van der Waals surface area contributed by atoms with E-state index in [0.717, 1.165) is 12.5 Å². The number of hydrogen-bond donors (Lipinski definition) is 1. The number of hydrogen-bond acceptors (Lipinski definition) is 2. The monoisotopic (exact) mass is 187 g/mol. The fourth-order valence-corrected chi connectivity index (χ4v) is 1.60. The Morgan fingerprint density at radius 3 is 2.08 bits per heavy atom. The summed E-state index contributed by atoms with van der Waals surface area (Å²) in [4.78, 5) is 0. The Morgan fingerprint density at radius 2 is 1.69 bits per heavy atom. The van der Waals surface area contributed by atoms with Crippen LogP contribution in [0.15, 0.2) is 0 Å². The van der Waals surface area contributed by atoms with Gasteiger partial charge in [0.15, 0.2) is 0 Å². The highest BCUT2D eigenvalue weighted by Gasteiger charge is 2.13. The molecule has 80 valence electrons. The smallest absolute Gasteiger partial charge is 0.0667 e. The van der Waals surface area contributed by atoms with Crippen molar-refractivity contribution in [2.45, 2.75) is 52.7 Å². The lowest BCUT2D eigenvalue weighted by Crippen LogP contribution is -2.37. The third-order valence-corrected chi connectivity index (χ3v) is 2.89. The Kier molecular flexibility index (Phi) is 7.29. The Labute approximate surface area is 83.1 Å². The van der Waals surface area contributed by atoms with Gasteiger partial charge < -0.3 is 10.1 Å². The Morgan fingerprint density at radius 1 is 1.15 bits per heavy atom. The third kappa shape index (κ3) is 5.27. The van der Waals surface area contributed by atoms with E-state index in [2.05, 4.69) is 33.0 Å². The molecule has 1 N–H and O–H groups in total. The summed E-state index contributed by atoms with van der Waals surface area (Å²) in [7, 11) is 1.76. The molecule has 0 aliphatic carbocycles. The van der Waals surface area contributed by atoms with E-state index in [1.54, 1.807) is 7.11 Å². The summed E-state index contributed by atoms with van der Waals surface area (Å²) in [6.45, 7) is 9.82. The van der Waals surface area contributed by atoms with Gasteiger partial charge in [0.2, 0.25) is 0 Å². The molecule has 2 unspecified atom stereocenters. The molecule has 0 aliphatic heterocycles. The van der Waals surface area contributed by atoms with Crippen LogP contribution >= 0.6 is 0 Å². The maximum absolute atomic E-state index is 5.19. The fraction of sp³-hybridized carbons (Fsp3) is 1.00. The summed E-state index contributed by atoms with van der Waals surface area (Å²) in [6.07, 6.45) is 2.83. The molecule has 0 saturated heterocycles. The van der Waals surface area contributed by atoms with Crippen molar-refractivity contribution >= 4 is 0 Å². The Hall–Kier alpha value is -0.0800.